The molecule has 2 nitrogen and oxygen atoms in total. The van der Waals surface area contributed by atoms with E-state index in [-0.39, 0.29) is 6.10 Å². The lowest BCUT2D eigenvalue weighted by Crippen LogP contribution is -2.28. The first kappa shape index (κ1) is 7.77. The first-order valence-corrected chi connectivity index (χ1v) is 4.26. The SMILES string of the molecule is c1ccc([C@H]2C[N]CCO2)cc1. The fourth-order valence-corrected chi connectivity index (χ4v) is 1.39. The maximum atomic E-state index is 5.57. The van der Waals surface area contributed by atoms with Crippen molar-refractivity contribution in [1.82, 2.24) is 5.32 Å². The summed E-state index contributed by atoms with van der Waals surface area (Å²) in [6.45, 7) is 2.42. The van der Waals surface area contributed by atoms with Gasteiger partial charge in [0.2, 0.25) is 0 Å². The van der Waals surface area contributed by atoms with E-state index in [1.54, 1.807) is 0 Å². The minimum atomic E-state index is 0.194. The van der Waals surface area contributed by atoms with E-state index in [9.17, 15) is 0 Å². The molecule has 0 unspecified atom stereocenters. The van der Waals surface area contributed by atoms with Crippen LogP contribution in [0.15, 0.2) is 30.3 Å². The lowest BCUT2D eigenvalue weighted by molar-refractivity contribution is 0.0261. The van der Waals surface area contributed by atoms with Gasteiger partial charge in [0.05, 0.1) is 12.7 Å². The zero-order valence-corrected chi connectivity index (χ0v) is 6.94. The van der Waals surface area contributed by atoms with E-state index in [1.807, 2.05) is 18.2 Å². The second-order valence-corrected chi connectivity index (χ2v) is 2.90. The van der Waals surface area contributed by atoms with E-state index in [0.29, 0.717) is 0 Å². The van der Waals surface area contributed by atoms with Gasteiger partial charge in [0, 0.05) is 13.1 Å². The van der Waals surface area contributed by atoms with E-state index in [0.717, 1.165) is 19.7 Å². The third-order valence-electron chi connectivity index (χ3n) is 2.03. The minimum Gasteiger partial charge on any atom is -0.371 e. The highest BCUT2D eigenvalue weighted by Gasteiger charge is 2.15. The number of nitrogens with zero attached hydrogens (tertiary/aromatic N) is 1. The van der Waals surface area contributed by atoms with Crippen LogP contribution in [0, 0.1) is 0 Å². The Kier molecular flexibility index (Phi) is 2.39. The van der Waals surface area contributed by atoms with Crippen LogP contribution < -0.4 is 5.32 Å². The van der Waals surface area contributed by atoms with Gasteiger partial charge in [-0.3, -0.25) is 0 Å². The summed E-state index contributed by atoms with van der Waals surface area (Å²) in [6, 6.07) is 10.3. The largest absolute Gasteiger partial charge is 0.371 e. The van der Waals surface area contributed by atoms with Crippen molar-refractivity contribution < 1.29 is 4.74 Å². The van der Waals surface area contributed by atoms with E-state index in [2.05, 4.69) is 17.4 Å². The number of morpholine rings is 1. The average Bonchev–Trinajstić information content (AvgIpc) is 2.21. The van der Waals surface area contributed by atoms with Crippen LogP contribution in [0.1, 0.15) is 11.7 Å². The molecule has 1 aromatic carbocycles. The van der Waals surface area contributed by atoms with E-state index in [4.69, 9.17) is 4.74 Å². The van der Waals surface area contributed by atoms with Crippen LogP contribution in [-0.4, -0.2) is 19.7 Å². The summed E-state index contributed by atoms with van der Waals surface area (Å²) in [4.78, 5) is 0. The summed E-state index contributed by atoms with van der Waals surface area (Å²) in [6.07, 6.45) is 0.194. The van der Waals surface area contributed by atoms with Gasteiger partial charge in [-0.1, -0.05) is 30.3 Å². The lowest BCUT2D eigenvalue weighted by Gasteiger charge is -2.22. The van der Waals surface area contributed by atoms with Gasteiger partial charge in [0.15, 0.2) is 0 Å². The Balaban J connectivity index is 2.08. The highest BCUT2D eigenvalue weighted by atomic mass is 16.5. The van der Waals surface area contributed by atoms with Crippen molar-refractivity contribution in [1.29, 1.82) is 0 Å². The fraction of sp³-hybridized carbons (Fsp3) is 0.400. The molecule has 63 valence electrons. The molecule has 1 heterocycles. The molecule has 0 N–H and O–H groups in total. The van der Waals surface area contributed by atoms with Crippen molar-refractivity contribution in [3.8, 4) is 0 Å². The van der Waals surface area contributed by atoms with E-state index in [1.165, 1.54) is 5.56 Å². The van der Waals surface area contributed by atoms with Gasteiger partial charge >= 0.3 is 0 Å². The summed E-state index contributed by atoms with van der Waals surface area (Å²) in [5.41, 5.74) is 1.24. The first-order valence-electron chi connectivity index (χ1n) is 4.26. The summed E-state index contributed by atoms with van der Waals surface area (Å²) >= 11 is 0. The topological polar surface area (TPSA) is 23.3 Å². The molecule has 0 aromatic heterocycles. The third kappa shape index (κ3) is 1.65. The Labute approximate surface area is 72.5 Å². The molecule has 1 atom stereocenters. The van der Waals surface area contributed by atoms with Gasteiger partial charge in [0.25, 0.3) is 0 Å². The molecule has 1 aliphatic rings. The second kappa shape index (κ2) is 3.70. The van der Waals surface area contributed by atoms with Crippen molar-refractivity contribution in [2.45, 2.75) is 6.10 Å². The predicted molar refractivity (Wildman–Crippen MR) is 47.0 cm³/mol. The monoisotopic (exact) mass is 162 g/mol. The summed E-state index contributed by atoms with van der Waals surface area (Å²) in [5, 5.41) is 4.31. The fourth-order valence-electron chi connectivity index (χ4n) is 1.39. The van der Waals surface area contributed by atoms with Crippen molar-refractivity contribution in [3.05, 3.63) is 35.9 Å². The lowest BCUT2D eigenvalue weighted by atomic mass is 10.1. The Morgan fingerprint density at radius 3 is 2.75 bits per heavy atom. The van der Waals surface area contributed by atoms with Gasteiger partial charge in [-0.25, -0.2) is 5.32 Å². The Bertz CT molecular complexity index is 229. The van der Waals surface area contributed by atoms with Crippen LogP contribution in [0.2, 0.25) is 0 Å². The van der Waals surface area contributed by atoms with Crippen LogP contribution in [0.5, 0.6) is 0 Å². The number of ether oxygens (including phenoxy) is 1. The van der Waals surface area contributed by atoms with Crippen molar-refractivity contribution >= 4 is 0 Å². The molecule has 0 amide bonds. The summed E-state index contributed by atoms with van der Waals surface area (Å²) in [5.74, 6) is 0. The Hall–Kier alpha value is -0.860. The molecule has 1 aliphatic heterocycles. The molecule has 0 spiro atoms. The molecule has 2 heteroatoms. The average molecular weight is 162 g/mol. The molecule has 1 aromatic rings. The van der Waals surface area contributed by atoms with Gasteiger partial charge in [-0.15, -0.1) is 0 Å². The smallest absolute Gasteiger partial charge is 0.0966 e. The van der Waals surface area contributed by atoms with Gasteiger partial charge in [-0.05, 0) is 5.56 Å². The summed E-state index contributed by atoms with van der Waals surface area (Å²) < 4.78 is 5.57. The molecule has 0 bridgehead atoms. The number of hydrogen-bond donors (Lipinski definition) is 0. The maximum absolute atomic E-state index is 5.57. The highest BCUT2D eigenvalue weighted by molar-refractivity contribution is 5.18. The van der Waals surface area contributed by atoms with Gasteiger partial charge in [0.1, 0.15) is 0 Å². The molecule has 1 fully saturated rings. The molecule has 2 rings (SSSR count). The van der Waals surface area contributed by atoms with Crippen LogP contribution >= 0.6 is 0 Å². The Morgan fingerprint density at radius 2 is 2.08 bits per heavy atom. The third-order valence-corrected chi connectivity index (χ3v) is 2.03. The van der Waals surface area contributed by atoms with Crippen LogP contribution in [0.4, 0.5) is 0 Å². The van der Waals surface area contributed by atoms with E-state index < -0.39 is 0 Å². The Morgan fingerprint density at radius 1 is 1.25 bits per heavy atom. The molecule has 0 saturated carbocycles. The number of benzene rings is 1. The zero-order valence-electron chi connectivity index (χ0n) is 6.94. The molecule has 0 aliphatic carbocycles. The maximum Gasteiger partial charge on any atom is 0.0966 e. The summed E-state index contributed by atoms with van der Waals surface area (Å²) in [7, 11) is 0. The molecular formula is C10H12NO. The van der Waals surface area contributed by atoms with Gasteiger partial charge < -0.3 is 4.74 Å². The van der Waals surface area contributed by atoms with Crippen LogP contribution in [0.25, 0.3) is 0 Å². The molecule has 1 saturated heterocycles. The molecule has 12 heavy (non-hydrogen) atoms. The van der Waals surface area contributed by atoms with Crippen LogP contribution in [0.3, 0.4) is 0 Å². The van der Waals surface area contributed by atoms with E-state index >= 15 is 0 Å². The van der Waals surface area contributed by atoms with Crippen LogP contribution in [-0.2, 0) is 4.74 Å². The first-order chi connectivity index (χ1) is 5.97. The number of hydrogen-bond acceptors (Lipinski definition) is 1. The quantitative estimate of drug-likeness (QED) is 0.611. The van der Waals surface area contributed by atoms with Crippen molar-refractivity contribution in [2.75, 3.05) is 19.7 Å². The number of rotatable bonds is 1. The predicted octanol–water partition coefficient (Wildman–Crippen LogP) is 1.36. The van der Waals surface area contributed by atoms with Crippen molar-refractivity contribution in [3.63, 3.8) is 0 Å². The highest BCUT2D eigenvalue weighted by Crippen LogP contribution is 2.17. The molecule has 1 radical (unpaired) electrons. The standard InChI is InChI=1S/C10H12NO/c1-2-4-9(5-3-1)10-8-11-6-7-12-10/h1-5,10H,6-8H2/t10-/m1/s1. The second-order valence-electron chi connectivity index (χ2n) is 2.90. The minimum absolute atomic E-state index is 0.194. The van der Waals surface area contributed by atoms with Crippen molar-refractivity contribution in [2.24, 2.45) is 0 Å². The molecular weight excluding hydrogens is 150 g/mol. The van der Waals surface area contributed by atoms with Gasteiger partial charge in [-0.2, -0.15) is 0 Å². The normalized spacial score (nSPS) is 23.8. The zero-order chi connectivity index (χ0) is 8.23.